The lowest BCUT2D eigenvalue weighted by Gasteiger charge is -2.25. The number of benzene rings is 1. The third kappa shape index (κ3) is 3.19. The number of carbonyl (C=O) groups is 1. The minimum Gasteiger partial charge on any atom is -0.377 e. The fourth-order valence-corrected chi connectivity index (χ4v) is 2.21. The smallest absolute Gasteiger partial charge is 0.190 e. The van der Waals surface area contributed by atoms with E-state index >= 15 is 0 Å². The Hall–Kier alpha value is -1.64. The highest BCUT2D eigenvalue weighted by molar-refractivity contribution is 6.08. The molecule has 0 amide bonds. The number of ketones is 1. The average molecular weight is 247 g/mol. The van der Waals surface area contributed by atoms with Crippen molar-refractivity contribution in [2.45, 2.75) is 26.2 Å². The number of allylic oxidation sites excluding steroid dienone is 1. The first-order valence-corrected chi connectivity index (χ1v) is 6.39. The van der Waals surface area contributed by atoms with E-state index in [2.05, 4.69) is 4.90 Å². The molecule has 0 N–H and O–H groups in total. The van der Waals surface area contributed by atoms with Crippen molar-refractivity contribution >= 4 is 5.78 Å². The summed E-state index contributed by atoms with van der Waals surface area (Å²) in [5.74, 6) is -0.343. The number of rotatable bonds is 3. The zero-order valence-electron chi connectivity index (χ0n) is 10.7. The van der Waals surface area contributed by atoms with Gasteiger partial charge in [0.2, 0.25) is 0 Å². The number of piperidine rings is 1. The van der Waals surface area contributed by atoms with Crippen LogP contribution in [0.15, 0.2) is 36.0 Å². The molecule has 0 atom stereocenters. The topological polar surface area (TPSA) is 20.3 Å². The SMILES string of the molecule is C/C(=C/N1CCCCC1)C(=O)c1ccc(F)cc1. The van der Waals surface area contributed by atoms with Gasteiger partial charge in [0.25, 0.3) is 0 Å². The summed E-state index contributed by atoms with van der Waals surface area (Å²) in [6, 6.07) is 5.71. The molecule has 18 heavy (non-hydrogen) atoms. The molecule has 1 saturated heterocycles. The molecule has 0 radical (unpaired) electrons. The van der Waals surface area contributed by atoms with Gasteiger partial charge >= 0.3 is 0 Å². The van der Waals surface area contributed by atoms with Crippen molar-refractivity contribution in [2.24, 2.45) is 0 Å². The fraction of sp³-hybridized carbons (Fsp3) is 0.400. The van der Waals surface area contributed by atoms with Crippen molar-refractivity contribution < 1.29 is 9.18 Å². The molecule has 1 heterocycles. The minimum absolute atomic E-state index is 0.0272. The molecule has 2 nitrogen and oxygen atoms in total. The van der Waals surface area contributed by atoms with Crippen molar-refractivity contribution in [3.63, 3.8) is 0 Å². The Morgan fingerprint density at radius 1 is 1.17 bits per heavy atom. The van der Waals surface area contributed by atoms with E-state index in [-0.39, 0.29) is 11.6 Å². The molecular weight excluding hydrogens is 229 g/mol. The second kappa shape index (κ2) is 5.80. The molecule has 1 aliphatic heterocycles. The lowest BCUT2D eigenvalue weighted by molar-refractivity contribution is 0.103. The number of Topliss-reactive ketones (excluding diaryl/α,β-unsaturated/α-hetero) is 1. The van der Waals surface area contributed by atoms with E-state index in [1.54, 1.807) is 0 Å². The highest BCUT2D eigenvalue weighted by Crippen LogP contribution is 2.13. The summed E-state index contributed by atoms with van der Waals surface area (Å²) in [5, 5.41) is 0. The predicted octanol–water partition coefficient (Wildman–Crippen LogP) is 3.40. The number of hydrogen-bond acceptors (Lipinski definition) is 2. The summed E-state index contributed by atoms with van der Waals surface area (Å²) < 4.78 is 12.8. The number of hydrogen-bond donors (Lipinski definition) is 0. The van der Waals surface area contributed by atoms with E-state index in [0.29, 0.717) is 11.1 Å². The second-order valence-electron chi connectivity index (χ2n) is 4.74. The summed E-state index contributed by atoms with van der Waals surface area (Å²) in [5.41, 5.74) is 1.26. The normalized spacial score (nSPS) is 16.8. The monoisotopic (exact) mass is 247 g/mol. The molecule has 1 aromatic rings. The highest BCUT2D eigenvalue weighted by Gasteiger charge is 2.11. The van der Waals surface area contributed by atoms with Gasteiger partial charge in [0.05, 0.1) is 0 Å². The van der Waals surface area contributed by atoms with Crippen molar-refractivity contribution in [1.29, 1.82) is 0 Å². The second-order valence-corrected chi connectivity index (χ2v) is 4.74. The van der Waals surface area contributed by atoms with Crippen LogP contribution in [0, 0.1) is 5.82 Å². The van der Waals surface area contributed by atoms with E-state index in [9.17, 15) is 9.18 Å². The Morgan fingerprint density at radius 2 is 1.78 bits per heavy atom. The largest absolute Gasteiger partial charge is 0.377 e. The molecule has 0 aliphatic carbocycles. The highest BCUT2D eigenvalue weighted by atomic mass is 19.1. The van der Waals surface area contributed by atoms with Gasteiger partial charge in [-0.2, -0.15) is 0 Å². The van der Waals surface area contributed by atoms with Crippen LogP contribution in [0.25, 0.3) is 0 Å². The summed E-state index contributed by atoms with van der Waals surface area (Å²) in [4.78, 5) is 14.3. The Bertz CT molecular complexity index is 444. The molecule has 1 aromatic carbocycles. The quantitative estimate of drug-likeness (QED) is 0.602. The molecule has 1 aliphatic rings. The molecular formula is C15H18FNO. The lowest BCUT2D eigenvalue weighted by Crippen LogP contribution is -2.25. The molecule has 0 unspecified atom stereocenters. The van der Waals surface area contributed by atoms with Crippen LogP contribution < -0.4 is 0 Å². The third-order valence-electron chi connectivity index (χ3n) is 3.23. The number of halogens is 1. The molecule has 1 fully saturated rings. The molecule has 0 aromatic heterocycles. The molecule has 0 spiro atoms. The first-order chi connectivity index (χ1) is 8.66. The number of carbonyl (C=O) groups excluding carboxylic acids is 1. The van der Waals surface area contributed by atoms with Gasteiger partial charge in [0.1, 0.15) is 5.82 Å². The van der Waals surface area contributed by atoms with Crippen LogP contribution in [0.4, 0.5) is 4.39 Å². The van der Waals surface area contributed by atoms with Crippen LogP contribution in [0.1, 0.15) is 36.5 Å². The van der Waals surface area contributed by atoms with Crippen LogP contribution >= 0.6 is 0 Å². The number of likely N-dealkylation sites (tertiary alicyclic amines) is 1. The zero-order chi connectivity index (χ0) is 13.0. The summed E-state index contributed by atoms with van der Waals surface area (Å²) >= 11 is 0. The minimum atomic E-state index is -0.316. The summed E-state index contributed by atoms with van der Waals surface area (Å²) in [7, 11) is 0. The van der Waals surface area contributed by atoms with E-state index in [1.807, 2.05) is 13.1 Å². The summed E-state index contributed by atoms with van der Waals surface area (Å²) in [6.45, 7) is 3.86. The van der Waals surface area contributed by atoms with Crippen LogP contribution in [0.3, 0.4) is 0 Å². The maximum Gasteiger partial charge on any atom is 0.190 e. The summed E-state index contributed by atoms with van der Waals surface area (Å²) in [6.07, 6.45) is 5.59. The van der Waals surface area contributed by atoms with Crippen LogP contribution in [0.5, 0.6) is 0 Å². The Morgan fingerprint density at radius 3 is 2.39 bits per heavy atom. The molecule has 0 saturated carbocycles. The van der Waals surface area contributed by atoms with Gasteiger partial charge in [-0.3, -0.25) is 4.79 Å². The van der Waals surface area contributed by atoms with Gasteiger partial charge in [-0.05, 0) is 50.5 Å². The average Bonchev–Trinajstić information content (AvgIpc) is 2.40. The molecule has 96 valence electrons. The van der Waals surface area contributed by atoms with Gasteiger partial charge in [0.15, 0.2) is 5.78 Å². The standard InChI is InChI=1S/C15H18FNO/c1-12(11-17-9-3-2-4-10-17)15(18)13-5-7-14(16)8-6-13/h5-8,11H,2-4,9-10H2,1H3/b12-11-. The van der Waals surface area contributed by atoms with Crippen molar-refractivity contribution in [1.82, 2.24) is 4.90 Å². The van der Waals surface area contributed by atoms with Crippen molar-refractivity contribution in [3.8, 4) is 0 Å². The third-order valence-corrected chi connectivity index (χ3v) is 3.23. The Kier molecular flexibility index (Phi) is 4.13. The molecule has 2 rings (SSSR count). The van der Waals surface area contributed by atoms with Crippen LogP contribution in [0.2, 0.25) is 0 Å². The predicted molar refractivity (Wildman–Crippen MR) is 69.9 cm³/mol. The molecule has 3 heteroatoms. The molecule has 0 bridgehead atoms. The maximum atomic E-state index is 12.8. The lowest BCUT2D eigenvalue weighted by atomic mass is 10.0. The van der Waals surface area contributed by atoms with E-state index < -0.39 is 0 Å². The van der Waals surface area contributed by atoms with Crippen molar-refractivity contribution in [2.75, 3.05) is 13.1 Å². The van der Waals surface area contributed by atoms with E-state index in [1.165, 1.54) is 43.5 Å². The van der Waals surface area contributed by atoms with Gasteiger partial charge in [-0.15, -0.1) is 0 Å². The van der Waals surface area contributed by atoms with E-state index in [0.717, 1.165) is 13.1 Å². The van der Waals surface area contributed by atoms with Crippen LogP contribution in [-0.2, 0) is 0 Å². The van der Waals surface area contributed by atoms with Gasteiger partial charge < -0.3 is 4.90 Å². The number of nitrogens with zero attached hydrogens (tertiary/aromatic N) is 1. The van der Waals surface area contributed by atoms with Crippen LogP contribution in [-0.4, -0.2) is 23.8 Å². The maximum absolute atomic E-state index is 12.8. The van der Waals surface area contributed by atoms with E-state index in [4.69, 9.17) is 0 Å². The zero-order valence-corrected chi connectivity index (χ0v) is 10.7. The Balaban J connectivity index is 2.07. The first kappa shape index (κ1) is 12.8. The van der Waals surface area contributed by atoms with Crippen molar-refractivity contribution in [3.05, 3.63) is 47.4 Å². The first-order valence-electron chi connectivity index (χ1n) is 6.39. The Labute approximate surface area is 107 Å². The van der Waals surface area contributed by atoms with Gasteiger partial charge in [-0.25, -0.2) is 4.39 Å². The van der Waals surface area contributed by atoms with Gasteiger partial charge in [0, 0.05) is 30.4 Å². The van der Waals surface area contributed by atoms with Gasteiger partial charge in [-0.1, -0.05) is 0 Å². The fourth-order valence-electron chi connectivity index (χ4n) is 2.21.